The smallest absolute Gasteiger partial charge is 0.169 e. The van der Waals surface area contributed by atoms with Crippen molar-refractivity contribution in [1.29, 1.82) is 5.26 Å². The van der Waals surface area contributed by atoms with Gasteiger partial charge in [-0.25, -0.2) is 0 Å². The summed E-state index contributed by atoms with van der Waals surface area (Å²) in [6.07, 6.45) is 3.04. The van der Waals surface area contributed by atoms with Crippen LogP contribution in [-0.4, -0.2) is 33.7 Å². The van der Waals surface area contributed by atoms with E-state index in [9.17, 15) is 4.79 Å². The zero-order valence-corrected chi connectivity index (χ0v) is 10.2. The molecule has 0 radical (unpaired) electrons. The molecule has 1 aliphatic rings. The number of rotatable bonds is 3. The van der Waals surface area contributed by atoms with Crippen molar-refractivity contribution in [2.75, 3.05) is 19.6 Å². The maximum atomic E-state index is 11.1. The van der Waals surface area contributed by atoms with Crippen LogP contribution in [0, 0.1) is 11.3 Å². The molecule has 0 amide bonds. The second kappa shape index (κ2) is 4.89. The SMILES string of the molecule is C=CC(=O)CN1CCC(I)(C#N)CC1. The lowest BCUT2D eigenvalue weighted by Crippen LogP contribution is -2.41. The number of hydrogen-bond donors (Lipinski definition) is 0. The molecule has 0 spiro atoms. The fourth-order valence-electron chi connectivity index (χ4n) is 1.46. The molecule has 0 saturated carbocycles. The van der Waals surface area contributed by atoms with Crippen LogP contribution in [-0.2, 0) is 4.79 Å². The van der Waals surface area contributed by atoms with Gasteiger partial charge in [-0.1, -0.05) is 29.2 Å². The molecule has 0 aromatic carbocycles. The van der Waals surface area contributed by atoms with Crippen LogP contribution in [0.25, 0.3) is 0 Å². The first-order chi connectivity index (χ1) is 6.59. The summed E-state index contributed by atoms with van der Waals surface area (Å²) in [5.74, 6) is 0.0583. The van der Waals surface area contributed by atoms with Crippen molar-refractivity contribution in [2.24, 2.45) is 0 Å². The number of hydrogen-bond acceptors (Lipinski definition) is 3. The number of alkyl halides is 1. The van der Waals surface area contributed by atoms with Crippen molar-refractivity contribution >= 4 is 28.4 Å². The second-order valence-corrected chi connectivity index (χ2v) is 5.59. The Kier molecular flexibility index (Phi) is 4.08. The van der Waals surface area contributed by atoms with Crippen LogP contribution in [0.3, 0.4) is 0 Å². The van der Waals surface area contributed by atoms with Gasteiger partial charge >= 0.3 is 0 Å². The lowest BCUT2D eigenvalue weighted by atomic mass is 9.98. The summed E-state index contributed by atoms with van der Waals surface area (Å²) in [4.78, 5) is 13.2. The summed E-state index contributed by atoms with van der Waals surface area (Å²) in [7, 11) is 0. The van der Waals surface area contributed by atoms with E-state index in [0.29, 0.717) is 6.54 Å². The summed E-state index contributed by atoms with van der Waals surface area (Å²) >= 11 is 2.21. The summed E-state index contributed by atoms with van der Waals surface area (Å²) in [6.45, 7) is 5.55. The Morgan fingerprint density at radius 1 is 1.64 bits per heavy atom. The number of carbonyl (C=O) groups is 1. The normalized spacial score (nSPS) is 21.1. The third kappa shape index (κ3) is 3.07. The van der Waals surface area contributed by atoms with Gasteiger partial charge in [-0.3, -0.25) is 9.69 Å². The van der Waals surface area contributed by atoms with Gasteiger partial charge in [0.15, 0.2) is 5.78 Å². The minimum Gasteiger partial charge on any atom is -0.296 e. The molecule has 1 saturated heterocycles. The highest BCUT2D eigenvalue weighted by Gasteiger charge is 2.31. The standard InChI is InChI=1S/C10H13IN2O/c1-2-9(14)7-13-5-3-10(11,8-12)4-6-13/h2H,1,3-7H2. The highest BCUT2D eigenvalue weighted by Crippen LogP contribution is 2.30. The Morgan fingerprint density at radius 2 is 2.21 bits per heavy atom. The number of halogens is 1. The van der Waals surface area contributed by atoms with Gasteiger partial charge in [0.2, 0.25) is 0 Å². The molecule has 14 heavy (non-hydrogen) atoms. The van der Waals surface area contributed by atoms with Crippen molar-refractivity contribution in [1.82, 2.24) is 4.90 Å². The summed E-state index contributed by atoms with van der Waals surface area (Å²) in [5, 5.41) is 8.91. The minimum atomic E-state index is -0.217. The number of likely N-dealkylation sites (tertiary alicyclic amines) is 1. The molecule has 1 heterocycles. The lowest BCUT2D eigenvalue weighted by molar-refractivity contribution is -0.115. The monoisotopic (exact) mass is 304 g/mol. The average Bonchev–Trinajstić information content (AvgIpc) is 2.21. The Bertz CT molecular complexity index is 274. The second-order valence-electron chi connectivity index (χ2n) is 3.52. The van der Waals surface area contributed by atoms with Crippen molar-refractivity contribution < 1.29 is 4.79 Å². The Balaban J connectivity index is 2.40. The molecule has 1 rings (SSSR count). The molecule has 76 valence electrons. The van der Waals surface area contributed by atoms with Crippen molar-refractivity contribution in [2.45, 2.75) is 16.3 Å². The highest BCUT2D eigenvalue weighted by molar-refractivity contribution is 14.1. The zero-order valence-electron chi connectivity index (χ0n) is 8.00. The van der Waals surface area contributed by atoms with E-state index in [2.05, 4.69) is 40.1 Å². The summed E-state index contributed by atoms with van der Waals surface area (Å²) < 4.78 is -0.217. The number of nitrogens with zero attached hydrogens (tertiary/aromatic N) is 2. The lowest BCUT2D eigenvalue weighted by Gasteiger charge is -2.32. The third-order valence-electron chi connectivity index (χ3n) is 2.46. The summed E-state index contributed by atoms with van der Waals surface area (Å²) in [6, 6.07) is 2.32. The van der Waals surface area contributed by atoms with Crippen LogP contribution >= 0.6 is 22.6 Å². The Hall–Kier alpha value is -0.410. The number of piperidine rings is 1. The van der Waals surface area contributed by atoms with E-state index in [-0.39, 0.29) is 9.20 Å². The molecular formula is C10H13IN2O. The third-order valence-corrected chi connectivity index (χ3v) is 3.78. The Labute approximate surface area is 97.9 Å². The van der Waals surface area contributed by atoms with Gasteiger partial charge in [0.1, 0.15) is 3.42 Å². The van der Waals surface area contributed by atoms with Crippen molar-refractivity contribution in [3.63, 3.8) is 0 Å². The molecule has 0 bridgehead atoms. The molecule has 3 nitrogen and oxygen atoms in total. The molecule has 4 heteroatoms. The van der Waals surface area contributed by atoms with E-state index in [4.69, 9.17) is 5.26 Å². The van der Waals surface area contributed by atoms with Gasteiger partial charge in [-0.2, -0.15) is 5.26 Å². The molecule has 0 N–H and O–H groups in total. The minimum absolute atomic E-state index is 0.0583. The number of carbonyl (C=O) groups excluding carboxylic acids is 1. The van der Waals surface area contributed by atoms with Crippen LogP contribution in [0.1, 0.15) is 12.8 Å². The predicted octanol–water partition coefficient (Wildman–Crippen LogP) is 1.53. The van der Waals surface area contributed by atoms with Gasteiger partial charge in [0.25, 0.3) is 0 Å². The van der Waals surface area contributed by atoms with Crippen molar-refractivity contribution in [3.05, 3.63) is 12.7 Å². The molecule has 1 fully saturated rings. The average molecular weight is 304 g/mol. The molecule has 1 aliphatic heterocycles. The maximum Gasteiger partial charge on any atom is 0.169 e. The number of ketones is 1. The van der Waals surface area contributed by atoms with Crippen LogP contribution in [0.15, 0.2) is 12.7 Å². The molecule has 0 atom stereocenters. The first kappa shape index (κ1) is 11.7. The zero-order chi connectivity index (χ0) is 10.6. The molecule has 0 unspecified atom stereocenters. The first-order valence-electron chi connectivity index (χ1n) is 4.57. The van der Waals surface area contributed by atoms with Gasteiger partial charge < -0.3 is 0 Å². The fourth-order valence-corrected chi connectivity index (χ4v) is 1.94. The highest BCUT2D eigenvalue weighted by atomic mass is 127. The van der Waals surface area contributed by atoms with Crippen LogP contribution in [0.2, 0.25) is 0 Å². The largest absolute Gasteiger partial charge is 0.296 e. The van der Waals surface area contributed by atoms with E-state index in [1.807, 2.05) is 0 Å². The fraction of sp³-hybridized carbons (Fsp3) is 0.600. The topological polar surface area (TPSA) is 44.1 Å². The molecule has 0 aliphatic carbocycles. The quantitative estimate of drug-likeness (QED) is 0.451. The van der Waals surface area contributed by atoms with Gasteiger partial charge in [-0.05, 0) is 18.9 Å². The van der Waals surface area contributed by atoms with Crippen LogP contribution in [0.4, 0.5) is 0 Å². The Morgan fingerprint density at radius 3 is 2.64 bits per heavy atom. The van der Waals surface area contributed by atoms with Gasteiger partial charge in [0, 0.05) is 13.1 Å². The van der Waals surface area contributed by atoms with Crippen LogP contribution < -0.4 is 0 Å². The van der Waals surface area contributed by atoms with E-state index in [0.717, 1.165) is 25.9 Å². The summed E-state index contributed by atoms with van der Waals surface area (Å²) in [5.41, 5.74) is 0. The molecule has 0 aromatic rings. The molecule has 0 aromatic heterocycles. The molecular weight excluding hydrogens is 291 g/mol. The van der Waals surface area contributed by atoms with E-state index in [1.165, 1.54) is 6.08 Å². The van der Waals surface area contributed by atoms with Gasteiger partial charge in [0.05, 0.1) is 12.6 Å². The number of nitriles is 1. The van der Waals surface area contributed by atoms with E-state index < -0.39 is 0 Å². The maximum absolute atomic E-state index is 11.1. The predicted molar refractivity (Wildman–Crippen MR) is 63.2 cm³/mol. The van der Waals surface area contributed by atoms with E-state index >= 15 is 0 Å². The van der Waals surface area contributed by atoms with Crippen molar-refractivity contribution in [3.8, 4) is 6.07 Å². The first-order valence-corrected chi connectivity index (χ1v) is 5.65. The van der Waals surface area contributed by atoms with Gasteiger partial charge in [-0.15, -0.1) is 0 Å². The van der Waals surface area contributed by atoms with Crippen LogP contribution in [0.5, 0.6) is 0 Å². The van der Waals surface area contributed by atoms with E-state index in [1.54, 1.807) is 0 Å².